The van der Waals surface area contributed by atoms with Crippen LogP contribution in [0.4, 0.5) is 0 Å². The fraction of sp³-hybridized carbons (Fsp3) is 1.00. The van der Waals surface area contributed by atoms with E-state index in [0.29, 0.717) is 5.38 Å². The fourth-order valence-corrected chi connectivity index (χ4v) is 2.45. The first-order valence-electron chi connectivity index (χ1n) is 3.82. The lowest BCUT2D eigenvalue weighted by molar-refractivity contribution is 0.108. The Morgan fingerprint density at radius 1 is 1.22 bits per heavy atom. The molecule has 0 spiro atoms. The molecule has 0 aromatic heterocycles. The highest BCUT2D eigenvalue weighted by atomic mass is 35.5. The minimum absolute atomic E-state index is 0.463. The summed E-state index contributed by atoms with van der Waals surface area (Å²) >= 11 is 6.06. The van der Waals surface area contributed by atoms with Gasteiger partial charge in [0, 0.05) is 5.38 Å². The van der Waals surface area contributed by atoms with Crippen LogP contribution in [0.3, 0.4) is 0 Å². The molecule has 1 aliphatic carbocycles. The summed E-state index contributed by atoms with van der Waals surface area (Å²) in [5.41, 5.74) is 0. The Bertz CT molecular complexity index is 90.7. The van der Waals surface area contributed by atoms with Crippen LogP contribution in [-0.4, -0.2) is 5.38 Å². The van der Waals surface area contributed by atoms with Crippen LogP contribution in [-0.2, 0) is 0 Å². The Labute approximate surface area is 62.6 Å². The topological polar surface area (TPSA) is 0 Å². The normalized spacial score (nSPS) is 50.7. The molecule has 1 saturated carbocycles. The summed E-state index contributed by atoms with van der Waals surface area (Å²) in [7, 11) is 0. The summed E-state index contributed by atoms with van der Waals surface area (Å²) in [5.74, 6) is 2.40. The Balaban J connectivity index is 2.41. The Morgan fingerprint density at radius 2 is 1.78 bits per heavy atom. The largest absolute Gasteiger partial charge is 0.122 e. The van der Waals surface area contributed by atoms with Crippen LogP contribution in [0.15, 0.2) is 0 Å². The molecule has 1 rings (SSSR count). The van der Waals surface area contributed by atoms with Gasteiger partial charge in [-0.2, -0.15) is 0 Å². The van der Waals surface area contributed by atoms with Gasteiger partial charge in [0.1, 0.15) is 0 Å². The van der Waals surface area contributed by atoms with E-state index in [-0.39, 0.29) is 0 Å². The predicted octanol–water partition coefficient (Wildman–Crippen LogP) is 2.91. The molecule has 0 aliphatic heterocycles. The van der Waals surface area contributed by atoms with Crippen LogP contribution in [0.2, 0.25) is 0 Å². The van der Waals surface area contributed by atoms with Crippen molar-refractivity contribution in [2.45, 2.75) is 32.6 Å². The van der Waals surface area contributed by atoms with Crippen LogP contribution in [0, 0.1) is 17.8 Å². The third-order valence-corrected chi connectivity index (χ3v) is 3.61. The van der Waals surface area contributed by atoms with E-state index < -0.39 is 0 Å². The second kappa shape index (κ2) is 2.49. The minimum Gasteiger partial charge on any atom is -0.122 e. The quantitative estimate of drug-likeness (QED) is 0.499. The number of alkyl halides is 1. The molecule has 0 N–H and O–H groups in total. The second-order valence-corrected chi connectivity index (χ2v) is 3.74. The van der Waals surface area contributed by atoms with E-state index in [1.165, 1.54) is 6.42 Å². The fourth-order valence-electron chi connectivity index (χ4n) is 1.81. The number of hydrogen-bond acceptors (Lipinski definition) is 0. The first-order valence-corrected chi connectivity index (χ1v) is 4.26. The molecule has 54 valence electrons. The first kappa shape index (κ1) is 7.40. The van der Waals surface area contributed by atoms with Crippen molar-refractivity contribution in [1.82, 2.24) is 0 Å². The lowest BCUT2D eigenvalue weighted by atomic mass is 9.65. The SMILES string of the molecule is CCC1C(C)C(C)C1Cl. The van der Waals surface area contributed by atoms with Gasteiger partial charge in [-0.05, 0) is 17.8 Å². The Morgan fingerprint density at radius 3 is 2.00 bits per heavy atom. The number of halogens is 1. The lowest BCUT2D eigenvalue weighted by Crippen LogP contribution is -2.44. The van der Waals surface area contributed by atoms with Crippen molar-refractivity contribution in [3.05, 3.63) is 0 Å². The average molecular weight is 147 g/mol. The lowest BCUT2D eigenvalue weighted by Gasteiger charge is -2.45. The first-order chi connectivity index (χ1) is 4.18. The maximum Gasteiger partial charge on any atom is 0.0395 e. The summed E-state index contributed by atoms with van der Waals surface area (Å²) in [4.78, 5) is 0. The third-order valence-electron chi connectivity index (χ3n) is 2.89. The third kappa shape index (κ3) is 0.980. The molecule has 0 aromatic carbocycles. The molecule has 4 unspecified atom stereocenters. The zero-order valence-corrected chi connectivity index (χ0v) is 7.15. The molecule has 0 bridgehead atoms. The maximum atomic E-state index is 6.06. The van der Waals surface area contributed by atoms with Crippen molar-refractivity contribution in [1.29, 1.82) is 0 Å². The monoisotopic (exact) mass is 146 g/mol. The zero-order chi connectivity index (χ0) is 7.02. The summed E-state index contributed by atoms with van der Waals surface area (Å²) in [6.07, 6.45) is 1.25. The average Bonchev–Trinajstić information content (AvgIpc) is 1.89. The van der Waals surface area contributed by atoms with Crippen LogP contribution in [0.5, 0.6) is 0 Å². The molecule has 1 fully saturated rings. The standard InChI is InChI=1S/C8H15Cl/c1-4-7-5(2)6(3)8(7)9/h5-8H,4H2,1-3H3. The van der Waals surface area contributed by atoms with Crippen molar-refractivity contribution < 1.29 is 0 Å². The van der Waals surface area contributed by atoms with Crippen molar-refractivity contribution in [2.75, 3.05) is 0 Å². The number of hydrogen-bond donors (Lipinski definition) is 0. The van der Waals surface area contributed by atoms with Gasteiger partial charge in [-0.3, -0.25) is 0 Å². The van der Waals surface area contributed by atoms with Gasteiger partial charge >= 0.3 is 0 Å². The molecule has 0 nitrogen and oxygen atoms in total. The zero-order valence-electron chi connectivity index (χ0n) is 6.39. The molecule has 4 atom stereocenters. The van der Waals surface area contributed by atoms with E-state index in [1.807, 2.05) is 0 Å². The van der Waals surface area contributed by atoms with Gasteiger partial charge in [0.25, 0.3) is 0 Å². The van der Waals surface area contributed by atoms with Gasteiger partial charge in [0.2, 0.25) is 0 Å². The predicted molar refractivity (Wildman–Crippen MR) is 41.8 cm³/mol. The molecule has 1 heteroatoms. The maximum absolute atomic E-state index is 6.06. The molecule has 0 aromatic rings. The molecular weight excluding hydrogens is 132 g/mol. The van der Waals surface area contributed by atoms with Crippen molar-refractivity contribution in [3.8, 4) is 0 Å². The van der Waals surface area contributed by atoms with Crippen molar-refractivity contribution >= 4 is 11.6 Å². The van der Waals surface area contributed by atoms with E-state index in [4.69, 9.17) is 11.6 Å². The minimum atomic E-state index is 0.463. The van der Waals surface area contributed by atoms with Crippen LogP contribution in [0.25, 0.3) is 0 Å². The van der Waals surface area contributed by atoms with E-state index in [0.717, 1.165) is 17.8 Å². The van der Waals surface area contributed by atoms with Crippen LogP contribution >= 0.6 is 11.6 Å². The van der Waals surface area contributed by atoms with Gasteiger partial charge < -0.3 is 0 Å². The smallest absolute Gasteiger partial charge is 0.0395 e. The summed E-state index contributed by atoms with van der Waals surface area (Å²) in [5, 5.41) is 0.463. The van der Waals surface area contributed by atoms with Crippen LogP contribution < -0.4 is 0 Å². The van der Waals surface area contributed by atoms with Gasteiger partial charge in [0.05, 0.1) is 0 Å². The van der Waals surface area contributed by atoms with Crippen LogP contribution in [0.1, 0.15) is 27.2 Å². The molecule has 0 heterocycles. The Kier molecular flexibility index (Phi) is 2.05. The van der Waals surface area contributed by atoms with Crippen molar-refractivity contribution in [2.24, 2.45) is 17.8 Å². The van der Waals surface area contributed by atoms with Gasteiger partial charge in [-0.1, -0.05) is 27.2 Å². The molecule has 9 heavy (non-hydrogen) atoms. The van der Waals surface area contributed by atoms with Gasteiger partial charge in [-0.15, -0.1) is 11.6 Å². The molecular formula is C8H15Cl. The molecule has 0 saturated heterocycles. The van der Waals surface area contributed by atoms with E-state index >= 15 is 0 Å². The Hall–Kier alpha value is 0.290. The van der Waals surface area contributed by atoms with E-state index in [1.54, 1.807) is 0 Å². The molecule has 0 radical (unpaired) electrons. The summed E-state index contributed by atoms with van der Waals surface area (Å²) in [6, 6.07) is 0. The van der Waals surface area contributed by atoms with Crippen molar-refractivity contribution in [3.63, 3.8) is 0 Å². The van der Waals surface area contributed by atoms with Gasteiger partial charge in [0.15, 0.2) is 0 Å². The number of rotatable bonds is 1. The highest BCUT2D eigenvalue weighted by molar-refractivity contribution is 6.21. The molecule has 1 aliphatic rings. The highest BCUT2D eigenvalue weighted by Gasteiger charge is 2.42. The second-order valence-electron chi connectivity index (χ2n) is 3.23. The van der Waals surface area contributed by atoms with E-state index in [9.17, 15) is 0 Å². The van der Waals surface area contributed by atoms with Gasteiger partial charge in [-0.25, -0.2) is 0 Å². The summed E-state index contributed by atoms with van der Waals surface area (Å²) < 4.78 is 0. The summed E-state index contributed by atoms with van der Waals surface area (Å²) in [6.45, 7) is 6.77. The molecule has 0 amide bonds. The highest BCUT2D eigenvalue weighted by Crippen LogP contribution is 2.45. The van der Waals surface area contributed by atoms with E-state index in [2.05, 4.69) is 20.8 Å².